The number of pyridine rings is 1. The summed E-state index contributed by atoms with van der Waals surface area (Å²) in [4.78, 5) is 12.6. The van der Waals surface area contributed by atoms with Gasteiger partial charge in [0.15, 0.2) is 5.65 Å². The molecular weight excluding hydrogens is 252 g/mol. The predicted octanol–water partition coefficient (Wildman–Crippen LogP) is 1.87. The summed E-state index contributed by atoms with van der Waals surface area (Å²) in [7, 11) is 0. The van der Waals surface area contributed by atoms with Crippen molar-refractivity contribution in [1.29, 1.82) is 0 Å². The Bertz CT molecular complexity index is 705. The van der Waals surface area contributed by atoms with Gasteiger partial charge in [-0.2, -0.15) is 9.61 Å². The van der Waals surface area contributed by atoms with E-state index in [1.165, 1.54) is 11.9 Å². The fourth-order valence-corrected chi connectivity index (χ4v) is 2.13. The molecule has 6 nitrogen and oxygen atoms in total. The number of aryl methyl sites for hydroxylation is 2. The highest BCUT2D eigenvalue weighted by Gasteiger charge is 2.02. The first-order valence-corrected chi connectivity index (χ1v) is 6.63. The van der Waals surface area contributed by atoms with Crippen LogP contribution < -0.4 is 5.32 Å². The van der Waals surface area contributed by atoms with Crippen molar-refractivity contribution < 1.29 is 0 Å². The van der Waals surface area contributed by atoms with E-state index in [1.807, 2.05) is 12.3 Å². The van der Waals surface area contributed by atoms with Crippen LogP contribution in [-0.4, -0.2) is 31.1 Å². The summed E-state index contributed by atoms with van der Waals surface area (Å²) in [5.74, 6) is 0.859. The van der Waals surface area contributed by atoms with Crippen molar-refractivity contribution >= 4 is 11.5 Å². The van der Waals surface area contributed by atoms with Gasteiger partial charge in [-0.05, 0) is 31.4 Å². The summed E-state index contributed by atoms with van der Waals surface area (Å²) >= 11 is 0. The molecule has 20 heavy (non-hydrogen) atoms. The van der Waals surface area contributed by atoms with E-state index in [9.17, 15) is 0 Å². The summed E-state index contributed by atoms with van der Waals surface area (Å²) < 4.78 is 1.75. The lowest BCUT2D eigenvalue weighted by Gasteiger charge is -2.08. The number of nitrogens with one attached hydrogen (secondary N) is 1. The Labute approximate surface area is 116 Å². The van der Waals surface area contributed by atoms with Gasteiger partial charge >= 0.3 is 0 Å². The monoisotopic (exact) mass is 268 g/mol. The zero-order valence-electron chi connectivity index (χ0n) is 11.3. The van der Waals surface area contributed by atoms with Crippen molar-refractivity contribution in [3.8, 4) is 0 Å². The summed E-state index contributed by atoms with van der Waals surface area (Å²) in [6, 6.07) is 4.06. The minimum Gasteiger partial charge on any atom is -0.369 e. The van der Waals surface area contributed by atoms with Gasteiger partial charge in [0.2, 0.25) is 0 Å². The van der Waals surface area contributed by atoms with E-state index in [0.717, 1.165) is 36.5 Å². The smallest absolute Gasteiger partial charge is 0.175 e. The molecule has 0 spiro atoms. The SMILES string of the molecule is Cc1cccnc1CCCNc1cncc2ncnn12. The number of hydrogen-bond donors (Lipinski definition) is 1. The topological polar surface area (TPSA) is 68.0 Å². The Morgan fingerprint density at radius 1 is 1.25 bits per heavy atom. The van der Waals surface area contributed by atoms with Gasteiger partial charge in [0.05, 0.1) is 12.4 Å². The lowest BCUT2D eigenvalue weighted by Crippen LogP contribution is -2.08. The summed E-state index contributed by atoms with van der Waals surface area (Å²) in [6.45, 7) is 2.94. The second kappa shape index (κ2) is 5.64. The highest BCUT2D eigenvalue weighted by Crippen LogP contribution is 2.08. The van der Waals surface area contributed by atoms with Gasteiger partial charge in [0.25, 0.3) is 0 Å². The van der Waals surface area contributed by atoms with Crippen molar-refractivity contribution in [3.05, 3.63) is 48.3 Å². The zero-order chi connectivity index (χ0) is 13.8. The molecule has 102 valence electrons. The van der Waals surface area contributed by atoms with Crippen molar-refractivity contribution in [3.63, 3.8) is 0 Å². The number of fused-ring (bicyclic) bond motifs is 1. The number of anilines is 1. The van der Waals surface area contributed by atoms with Crippen LogP contribution in [0.4, 0.5) is 5.82 Å². The van der Waals surface area contributed by atoms with Crippen LogP contribution in [0.3, 0.4) is 0 Å². The Balaban J connectivity index is 1.58. The van der Waals surface area contributed by atoms with Gasteiger partial charge in [-0.15, -0.1) is 0 Å². The van der Waals surface area contributed by atoms with Crippen molar-refractivity contribution in [1.82, 2.24) is 24.6 Å². The van der Waals surface area contributed by atoms with E-state index in [0.29, 0.717) is 0 Å². The first-order valence-electron chi connectivity index (χ1n) is 6.63. The van der Waals surface area contributed by atoms with E-state index >= 15 is 0 Å². The molecule has 0 radical (unpaired) electrons. The van der Waals surface area contributed by atoms with Crippen LogP contribution in [0.25, 0.3) is 5.65 Å². The number of rotatable bonds is 5. The third-order valence-electron chi connectivity index (χ3n) is 3.20. The average Bonchev–Trinajstić information content (AvgIpc) is 2.94. The highest BCUT2D eigenvalue weighted by atomic mass is 15.3. The molecule has 3 aromatic rings. The molecule has 0 aliphatic heterocycles. The number of hydrogen-bond acceptors (Lipinski definition) is 5. The van der Waals surface area contributed by atoms with Crippen LogP contribution in [0.5, 0.6) is 0 Å². The maximum atomic E-state index is 4.40. The first kappa shape index (κ1) is 12.5. The standard InChI is InChI=1S/C14H16N6/c1-11-4-2-6-16-12(11)5-3-7-17-13-8-15-9-14-18-10-19-20(13)14/h2,4,6,8-10,17H,3,5,7H2,1H3. The molecule has 0 fully saturated rings. The fraction of sp³-hybridized carbons (Fsp3) is 0.286. The molecule has 0 bridgehead atoms. The van der Waals surface area contributed by atoms with Gasteiger partial charge in [0, 0.05) is 18.4 Å². The van der Waals surface area contributed by atoms with Crippen LogP contribution in [-0.2, 0) is 6.42 Å². The Morgan fingerprint density at radius 3 is 3.10 bits per heavy atom. The molecule has 3 aromatic heterocycles. The Morgan fingerprint density at radius 2 is 2.20 bits per heavy atom. The molecule has 3 rings (SSSR count). The van der Waals surface area contributed by atoms with Crippen molar-refractivity contribution in [2.45, 2.75) is 19.8 Å². The molecule has 0 aliphatic rings. The second-order valence-electron chi connectivity index (χ2n) is 4.62. The van der Waals surface area contributed by atoms with Gasteiger partial charge in [-0.3, -0.25) is 9.97 Å². The van der Waals surface area contributed by atoms with Crippen LogP contribution in [0.2, 0.25) is 0 Å². The van der Waals surface area contributed by atoms with Gasteiger partial charge in [-0.1, -0.05) is 6.07 Å². The first-order chi connectivity index (χ1) is 9.84. The minimum atomic E-state index is 0.746. The normalized spacial score (nSPS) is 10.8. The lowest BCUT2D eigenvalue weighted by atomic mass is 10.1. The maximum Gasteiger partial charge on any atom is 0.175 e. The van der Waals surface area contributed by atoms with Crippen molar-refractivity contribution in [2.75, 3.05) is 11.9 Å². The summed E-state index contributed by atoms with van der Waals surface area (Å²) in [5.41, 5.74) is 3.15. The number of nitrogens with zero attached hydrogens (tertiary/aromatic N) is 5. The second-order valence-corrected chi connectivity index (χ2v) is 4.62. The van der Waals surface area contributed by atoms with Crippen LogP contribution in [0, 0.1) is 6.92 Å². The fourth-order valence-electron chi connectivity index (χ4n) is 2.13. The van der Waals surface area contributed by atoms with Crippen molar-refractivity contribution in [2.24, 2.45) is 0 Å². The quantitative estimate of drug-likeness (QED) is 0.715. The molecule has 0 saturated heterocycles. The predicted molar refractivity (Wildman–Crippen MR) is 76.6 cm³/mol. The van der Waals surface area contributed by atoms with Gasteiger partial charge < -0.3 is 5.32 Å². The molecule has 0 atom stereocenters. The van der Waals surface area contributed by atoms with E-state index in [1.54, 1.807) is 16.9 Å². The molecular formula is C14H16N6. The van der Waals surface area contributed by atoms with Crippen LogP contribution in [0.1, 0.15) is 17.7 Å². The highest BCUT2D eigenvalue weighted by molar-refractivity contribution is 5.44. The molecule has 1 N–H and O–H groups in total. The van der Waals surface area contributed by atoms with Gasteiger partial charge in [0.1, 0.15) is 12.1 Å². The maximum absolute atomic E-state index is 4.40. The molecule has 0 unspecified atom stereocenters. The largest absolute Gasteiger partial charge is 0.369 e. The third-order valence-corrected chi connectivity index (χ3v) is 3.20. The van der Waals surface area contributed by atoms with E-state index < -0.39 is 0 Å². The lowest BCUT2D eigenvalue weighted by molar-refractivity contribution is 0.816. The van der Waals surface area contributed by atoms with E-state index in [-0.39, 0.29) is 0 Å². The van der Waals surface area contributed by atoms with E-state index in [2.05, 4.69) is 38.4 Å². The minimum absolute atomic E-state index is 0.746. The molecule has 3 heterocycles. The van der Waals surface area contributed by atoms with E-state index in [4.69, 9.17) is 0 Å². The molecule has 0 aromatic carbocycles. The molecule has 0 saturated carbocycles. The summed E-state index contributed by atoms with van der Waals surface area (Å²) in [6.07, 6.45) is 8.78. The number of aromatic nitrogens is 5. The molecule has 0 aliphatic carbocycles. The Hall–Kier alpha value is -2.50. The zero-order valence-corrected chi connectivity index (χ0v) is 11.3. The molecule has 0 amide bonds. The summed E-state index contributed by atoms with van der Waals surface area (Å²) in [5, 5.41) is 7.49. The van der Waals surface area contributed by atoms with Crippen LogP contribution >= 0.6 is 0 Å². The third kappa shape index (κ3) is 2.59. The Kier molecular flexibility index (Phi) is 3.54. The molecule has 6 heteroatoms. The van der Waals surface area contributed by atoms with Crippen LogP contribution in [0.15, 0.2) is 37.1 Å². The van der Waals surface area contributed by atoms with Gasteiger partial charge in [-0.25, -0.2) is 4.98 Å². The average molecular weight is 268 g/mol.